The van der Waals surface area contributed by atoms with Crippen LogP contribution in [-0.2, 0) is 10.2 Å². The van der Waals surface area contributed by atoms with Gasteiger partial charge in [-0.15, -0.1) is 0 Å². The SMILES string of the molecule is CN1CCN(c2cnn(C3CN(S(=O)(=O)N4CCCC4)C3)c2)C1=O. The second-order valence-corrected chi connectivity index (χ2v) is 8.55. The highest BCUT2D eigenvalue weighted by molar-refractivity contribution is 7.86. The fourth-order valence-electron chi connectivity index (χ4n) is 3.41. The number of likely N-dealkylation sites (N-methyl/N-ethyl adjacent to an activating group) is 1. The number of aromatic nitrogens is 2. The number of anilines is 1. The molecule has 0 saturated carbocycles. The summed E-state index contributed by atoms with van der Waals surface area (Å²) in [5.74, 6) is 0. The number of carbonyl (C=O) groups excluding carboxylic acids is 1. The van der Waals surface area contributed by atoms with E-state index in [1.54, 1.807) is 32.0 Å². The summed E-state index contributed by atoms with van der Waals surface area (Å²) >= 11 is 0. The van der Waals surface area contributed by atoms with Crippen LogP contribution in [0.15, 0.2) is 12.4 Å². The molecule has 4 rings (SSSR count). The summed E-state index contributed by atoms with van der Waals surface area (Å²) < 4.78 is 29.8. The van der Waals surface area contributed by atoms with E-state index in [-0.39, 0.29) is 12.1 Å². The minimum atomic E-state index is -3.31. The average molecular weight is 354 g/mol. The van der Waals surface area contributed by atoms with Gasteiger partial charge in [0.2, 0.25) is 0 Å². The van der Waals surface area contributed by atoms with Crippen LogP contribution in [-0.4, -0.2) is 84.1 Å². The highest BCUT2D eigenvalue weighted by atomic mass is 32.2. The first-order valence-corrected chi connectivity index (χ1v) is 9.68. The number of amides is 2. The number of carbonyl (C=O) groups is 1. The van der Waals surface area contributed by atoms with Gasteiger partial charge in [0.1, 0.15) is 0 Å². The molecule has 0 atom stereocenters. The van der Waals surface area contributed by atoms with Crippen LogP contribution in [0.5, 0.6) is 0 Å². The van der Waals surface area contributed by atoms with E-state index in [1.165, 1.54) is 4.31 Å². The van der Waals surface area contributed by atoms with Gasteiger partial charge in [-0.1, -0.05) is 0 Å². The number of rotatable bonds is 4. The van der Waals surface area contributed by atoms with Crippen molar-refractivity contribution in [2.24, 2.45) is 0 Å². The lowest BCUT2D eigenvalue weighted by Crippen LogP contribution is -2.55. The second-order valence-electron chi connectivity index (χ2n) is 6.62. The Labute approximate surface area is 141 Å². The highest BCUT2D eigenvalue weighted by Gasteiger charge is 2.41. The molecule has 1 aromatic heterocycles. The van der Waals surface area contributed by atoms with E-state index in [2.05, 4.69) is 5.10 Å². The Morgan fingerprint density at radius 3 is 2.42 bits per heavy atom. The maximum atomic E-state index is 12.4. The third kappa shape index (κ3) is 2.49. The molecule has 0 radical (unpaired) electrons. The molecule has 1 aromatic rings. The van der Waals surface area contributed by atoms with E-state index in [1.807, 2.05) is 6.20 Å². The third-order valence-corrected chi connectivity index (χ3v) is 7.00. The fourth-order valence-corrected chi connectivity index (χ4v) is 5.18. The average Bonchev–Trinajstić information content (AvgIpc) is 3.20. The molecule has 0 N–H and O–H groups in total. The lowest BCUT2D eigenvalue weighted by molar-refractivity contribution is 0.180. The Hall–Kier alpha value is -1.65. The van der Waals surface area contributed by atoms with Crippen molar-refractivity contribution in [3.63, 3.8) is 0 Å². The molecule has 4 heterocycles. The summed E-state index contributed by atoms with van der Waals surface area (Å²) in [6.07, 6.45) is 5.39. The summed E-state index contributed by atoms with van der Waals surface area (Å²) in [5.41, 5.74) is 0.769. The summed E-state index contributed by atoms with van der Waals surface area (Å²) in [5, 5.41) is 4.33. The monoisotopic (exact) mass is 354 g/mol. The smallest absolute Gasteiger partial charge is 0.324 e. The third-order valence-electron chi connectivity index (χ3n) is 5.04. The Morgan fingerprint density at radius 1 is 1.08 bits per heavy atom. The number of hydrogen-bond donors (Lipinski definition) is 0. The van der Waals surface area contributed by atoms with Gasteiger partial charge in [-0.25, -0.2) is 4.79 Å². The quantitative estimate of drug-likeness (QED) is 0.759. The van der Waals surface area contributed by atoms with Crippen LogP contribution in [0.25, 0.3) is 0 Å². The molecule has 0 spiro atoms. The van der Waals surface area contributed by atoms with Crippen LogP contribution < -0.4 is 4.90 Å². The molecular formula is C14H22N6O3S. The first kappa shape index (κ1) is 15.9. The van der Waals surface area contributed by atoms with Crippen LogP contribution >= 0.6 is 0 Å². The highest BCUT2D eigenvalue weighted by Crippen LogP contribution is 2.29. The minimum absolute atomic E-state index is 0.0265. The van der Waals surface area contributed by atoms with E-state index in [0.29, 0.717) is 39.3 Å². The zero-order valence-electron chi connectivity index (χ0n) is 13.7. The maximum absolute atomic E-state index is 12.4. The van der Waals surface area contributed by atoms with E-state index < -0.39 is 10.2 Å². The van der Waals surface area contributed by atoms with E-state index in [0.717, 1.165) is 18.5 Å². The van der Waals surface area contributed by atoms with Crippen molar-refractivity contribution in [1.29, 1.82) is 0 Å². The predicted molar refractivity (Wildman–Crippen MR) is 87.9 cm³/mol. The topological polar surface area (TPSA) is 82.0 Å². The molecule has 9 nitrogen and oxygen atoms in total. The summed E-state index contributed by atoms with van der Waals surface area (Å²) in [6.45, 7) is 3.48. The van der Waals surface area contributed by atoms with Gasteiger partial charge in [0, 0.05) is 52.5 Å². The normalized spacial score (nSPS) is 24.1. The number of hydrogen-bond acceptors (Lipinski definition) is 4. The minimum Gasteiger partial charge on any atom is -0.326 e. The van der Waals surface area contributed by atoms with Gasteiger partial charge in [-0.05, 0) is 12.8 Å². The maximum Gasteiger partial charge on any atom is 0.324 e. The zero-order chi connectivity index (χ0) is 16.9. The lowest BCUT2D eigenvalue weighted by atomic mass is 10.2. The van der Waals surface area contributed by atoms with E-state index in [4.69, 9.17) is 0 Å². The van der Waals surface area contributed by atoms with Gasteiger partial charge in [-0.3, -0.25) is 9.58 Å². The molecule has 132 valence electrons. The molecule has 0 aromatic carbocycles. The predicted octanol–water partition coefficient (Wildman–Crippen LogP) is -0.0478. The van der Waals surface area contributed by atoms with Gasteiger partial charge in [0.15, 0.2) is 0 Å². The van der Waals surface area contributed by atoms with Crippen LogP contribution in [0.1, 0.15) is 18.9 Å². The molecule has 10 heteroatoms. The fraction of sp³-hybridized carbons (Fsp3) is 0.714. The van der Waals surface area contributed by atoms with Crippen molar-refractivity contribution in [3.05, 3.63) is 12.4 Å². The first-order chi connectivity index (χ1) is 11.5. The van der Waals surface area contributed by atoms with Crippen molar-refractivity contribution in [2.75, 3.05) is 51.2 Å². The lowest BCUT2D eigenvalue weighted by Gasteiger charge is -2.39. The zero-order valence-corrected chi connectivity index (χ0v) is 14.5. The van der Waals surface area contributed by atoms with Crippen molar-refractivity contribution >= 4 is 21.9 Å². The molecule has 2 amide bonds. The van der Waals surface area contributed by atoms with Gasteiger partial charge < -0.3 is 4.90 Å². The molecule has 3 fully saturated rings. The molecule has 0 aliphatic carbocycles. The Kier molecular flexibility index (Phi) is 3.77. The molecule has 0 bridgehead atoms. The van der Waals surface area contributed by atoms with Crippen LogP contribution in [0.3, 0.4) is 0 Å². The second kappa shape index (κ2) is 5.71. The Morgan fingerprint density at radius 2 is 1.79 bits per heavy atom. The van der Waals surface area contributed by atoms with E-state index >= 15 is 0 Å². The first-order valence-electron chi connectivity index (χ1n) is 8.29. The van der Waals surface area contributed by atoms with Crippen molar-refractivity contribution in [2.45, 2.75) is 18.9 Å². The van der Waals surface area contributed by atoms with Crippen molar-refractivity contribution < 1.29 is 13.2 Å². The van der Waals surface area contributed by atoms with Crippen LogP contribution in [0.2, 0.25) is 0 Å². The molecule has 24 heavy (non-hydrogen) atoms. The number of urea groups is 1. The van der Waals surface area contributed by atoms with Gasteiger partial charge in [0.25, 0.3) is 10.2 Å². The Balaban J connectivity index is 1.40. The largest absolute Gasteiger partial charge is 0.326 e. The molecule has 3 saturated heterocycles. The summed E-state index contributed by atoms with van der Waals surface area (Å²) in [6, 6.07) is 0.00737. The summed E-state index contributed by atoms with van der Waals surface area (Å²) in [4.78, 5) is 15.4. The van der Waals surface area contributed by atoms with Gasteiger partial charge in [-0.2, -0.15) is 22.1 Å². The van der Waals surface area contributed by atoms with Crippen LogP contribution in [0.4, 0.5) is 10.5 Å². The van der Waals surface area contributed by atoms with Crippen LogP contribution in [0, 0.1) is 0 Å². The van der Waals surface area contributed by atoms with Crippen molar-refractivity contribution in [1.82, 2.24) is 23.3 Å². The number of nitrogens with zero attached hydrogens (tertiary/aromatic N) is 6. The standard InChI is InChI=1S/C14H22N6O3S/c1-16-6-7-19(14(16)21)12-8-15-20(11-12)13-9-18(10-13)24(22,23)17-4-2-3-5-17/h8,11,13H,2-7,9-10H2,1H3. The molecular weight excluding hydrogens is 332 g/mol. The van der Waals surface area contributed by atoms with Crippen molar-refractivity contribution in [3.8, 4) is 0 Å². The molecule has 3 aliphatic heterocycles. The van der Waals surface area contributed by atoms with E-state index in [9.17, 15) is 13.2 Å². The molecule has 0 unspecified atom stereocenters. The van der Waals surface area contributed by atoms with Gasteiger partial charge in [0.05, 0.1) is 17.9 Å². The van der Waals surface area contributed by atoms with Gasteiger partial charge >= 0.3 is 6.03 Å². The Bertz CT molecular complexity index is 735. The molecule has 3 aliphatic rings. The summed E-state index contributed by atoms with van der Waals surface area (Å²) in [7, 11) is -1.54.